The summed E-state index contributed by atoms with van der Waals surface area (Å²) in [6, 6.07) is 7.27. The molecule has 2 atom stereocenters. The summed E-state index contributed by atoms with van der Waals surface area (Å²) in [5.74, 6) is -0.262. The van der Waals surface area contributed by atoms with Gasteiger partial charge in [0.1, 0.15) is 11.9 Å². The van der Waals surface area contributed by atoms with E-state index < -0.39 is 12.1 Å². The van der Waals surface area contributed by atoms with Crippen LogP contribution in [-0.4, -0.2) is 24.3 Å². The molecule has 4 heteroatoms. The van der Waals surface area contributed by atoms with Crippen molar-refractivity contribution in [3.63, 3.8) is 0 Å². The number of hydrogen-bond acceptors (Lipinski definition) is 3. The summed E-state index contributed by atoms with van der Waals surface area (Å²) >= 11 is 0. The maximum absolute atomic E-state index is 10.6. The van der Waals surface area contributed by atoms with Gasteiger partial charge in [0.2, 0.25) is 0 Å². The van der Waals surface area contributed by atoms with E-state index in [0.29, 0.717) is 5.75 Å². The Balaban J connectivity index is 2.22. The zero-order valence-electron chi connectivity index (χ0n) is 7.64. The van der Waals surface area contributed by atoms with Gasteiger partial charge < -0.3 is 14.6 Å². The zero-order chi connectivity index (χ0) is 10.1. The normalized spacial score (nSPS) is 24.4. The van der Waals surface area contributed by atoms with Gasteiger partial charge in [-0.1, -0.05) is 18.2 Å². The maximum atomic E-state index is 10.6. The molecule has 1 aromatic carbocycles. The van der Waals surface area contributed by atoms with Crippen LogP contribution in [0, 0.1) is 0 Å². The molecule has 0 unspecified atom stereocenters. The molecule has 0 aliphatic carbocycles. The molecule has 1 aliphatic heterocycles. The van der Waals surface area contributed by atoms with Gasteiger partial charge >= 0.3 is 5.97 Å². The fourth-order valence-electron chi connectivity index (χ4n) is 1.44. The van der Waals surface area contributed by atoms with Crippen LogP contribution in [0.25, 0.3) is 0 Å². The Bertz CT molecular complexity index is 361. The summed E-state index contributed by atoms with van der Waals surface area (Å²) in [7, 11) is 1.55. The summed E-state index contributed by atoms with van der Waals surface area (Å²) in [4.78, 5) is 10.6. The van der Waals surface area contributed by atoms with Crippen LogP contribution in [0.1, 0.15) is 11.7 Å². The van der Waals surface area contributed by atoms with Crippen LogP contribution in [0.5, 0.6) is 5.75 Å². The predicted molar refractivity (Wildman–Crippen MR) is 48.2 cm³/mol. The Morgan fingerprint density at radius 3 is 2.79 bits per heavy atom. The van der Waals surface area contributed by atoms with Crippen molar-refractivity contribution in [2.24, 2.45) is 0 Å². The van der Waals surface area contributed by atoms with E-state index in [1.807, 2.05) is 18.2 Å². The summed E-state index contributed by atoms with van der Waals surface area (Å²) in [6.07, 6.45) is -1.07. The molecule has 0 radical (unpaired) electrons. The number of ether oxygens (including phenoxy) is 2. The number of aliphatic carboxylic acids is 1. The lowest BCUT2D eigenvalue weighted by Crippen LogP contribution is -2.05. The van der Waals surface area contributed by atoms with Gasteiger partial charge in [0.25, 0.3) is 0 Å². The molecule has 0 aromatic heterocycles. The summed E-state index contributed by atoms with van der Waals surface area (Å²) in [5.41, 5.74) is 0.794. The van der Waals surface area contributed by atoms with E-state index in [1.165, 1.54) is 0 Å². The number of rotatable bonds is 3. The highest BCUT2D eigenvalue weighted by molar-refractivity contribution is 5.76. The van der Waals surface area contributed by atoms with E-state index in [4.69, 9.17) is 14.6 Å². The van der Waals surface area contributed by atoms with E-state index >= 15 is 0 Å². The second kappa shape index (κ2) is 3.31. The molecule has 0 bridgehead atoms. The molecular weight excluding hydrogens is 184 g/mol. The standard InChI is InChI=1S/C10H10O4/c1-13-7-5-3-2-4-6(7)8-9(14-8)10(11)12/h2-5,8-9H,1H3,(H,11,12)/t8-,9-/m1/s1. The van der Waals surface area contributed by atoms with Crippen LogP contribution in [0.4, 0.5) is 0 Å². The summed E-state index contributed by atoms with van der Waals surface area (Å²) in [5, 5.41) is 8.68. The summed E-state index contributed by atoms with van der Waals surface area (Å²) in [6.45, 7) is 0. The molecule has 0 amide bonds. The van der Waals surface area contributed by atoms with E-state index in [9.17, 15) is 4.79 Å². The zero-order valence-corrected chi connectivity index (χ0v) is 7.64. The Morgan fingerprint density at radius 1 is 1.50 bits per heavy atom. The first-order valence-corrected chi connectivity index (χ1v) is 4.25. The smallest absolute Gasteiger partial charge is 0.335 e. The highest BCUT2D eigenvalue weighted by atomic mass is 16.6. The number of benzene rings is 1. The molecule has 14 heavy (non-hydrogen) atoms. The lowest BCUT2D eigenvalue weighted by Gasteiger charge is -2.04. The molecular formula is C10H10O4. The third-order valence-electron chi connectivity index (χ3n) is 2.18. The molecule has 0 saturated carbocycles. The van der Waals surface area contributed by atoms with E-state index in [-0.39, 0.29) is 6.10 Å². The predicted octanol–water partition coefficient (Wildman–Crippen LogP) is 1.22. The fraction of sp³-hybridized carbons (Fsp3) is 0.300. The molecule has 2 rings (SSSR count). The Labute approximate surface area is 81.1 Å². The highest BCUT2D eigenvalue weighted by Gasteiger charge is 2.47. The lowest BCUT2D eigenvalue weighted by atomic mass is 10.1. The van der Waals surface area contributed by atoms with Crippen LogP contribution in [0.3, 0.4) is 0 Å². The first-order valence-electron chi connectivity index (χ1n) is 4.25. The second-order valence-corrected chi connectivity index (χ2v) is 3.06. The van der Waals surface area contributed by atoms with Crippen molar-refractivity contribution >= 4 is 5.97 Å². The van der Waals surface area contributed by atoms with Crippen molar-refractivity contribution in [1.82, 2.24) is 0 Å². The number of methoxy groups -OCH3 is 1. The highest BCUT2D eigenvalue weighted by Crippen LogP contribution is 2.42. The average molecular weight is 194 g/mol. The molecule has 1 fully saturated rings. The molecule has 1 aliphatic rings. The van der Waals surface area contributed by atoms with Gasteiger partial charge in [-0.15, -0.1) is 0 Å². The molecule has 4 nitrogen and oxygen atoms in total. The first-order chi connectivity index (χ1) is 6.74. The van der Waals surface area contributed by atoms with Gasteiger partial charge in [0.05, 0.1) is 7.11 Å². The minimum atomic E-state index is -0.930. The Hall–Kier alpha value is -1.55. The van der Waals surface area contributed by atoms with Gasteiger partial charge in [-0.05, 0) is 6.07 Å². The number of carboxylic acids is 1. The molecule has 74 valence electrons. The number of carbonyl (C=O) groups is 1. The van der Waals surface area contributed by atoms with Gasteiger partial charge in [-0.2, -0.15) is 0 Å². The van der Waals surface area contributed by atoms with Gasteiger partial charge in [-0.3, -0.25) is 0 Å². The molecule has 0 spiro atoms. The van der Waals surface area contributed by atoms with E-state index in [0.717, 1.165) is 5.56 Å². The van der Waals surface area contributed by atoms with Crippen molar-refractivity contribution in [2.75, 3.05) is 7.11 Å². The van der Waals surface area contributed by atoms with Crippen molar-refractivity contribution in [1.29, 1.82) is 0 Å². The fourth-order valence-corrected chi connectivity index (χ4v) is 1.44. The van der Waals surface area contributed by atoms with Crippen molar-refractivity contribution in [3.8, 4) is 5.75 Å². The molecule has 1 heterocycles. The Morgan fingerprint density at radius 2 is 2.21 bits per heavy atom. The van der Waals surface area contributed by atoms with Crippen molar-refractivity contribution in [3.05, 3.63) is 29.8 Å². The van der Waals surface area contributed by atoms with Gasteiger partial charge in [-0.25, -0.2) is 4.79 Å². The van der Waals surface area contributed by atoms with Crippen LogP contribution >= 0.6 is 0 Å². The minimum Gasteiger partial charge on any atom is -0.496 e. The first kappa shape index (κ1) is 9.02. The monoisotopic (exact) mass is 194 g/mol. The second-order valence-electron chi connectivity index (χ2n) is 3.06. The SMILES string of the molecule is COc1ccccc1[C@H]1O[C@H]1C(=O)O. The van der Waals surface area contributed by atoms with E-state index in [1.54, 1.807) is 13.2 Å². The molecule has 1 saturated heterocycles. The number of hydrogen-bond donors (Lipinski definition) is 1. The number of carboxylic acid groups (broad SMARTS) is 1. The van der Waals surface area contributed by atoms with Gasteiger partial charge in [0, 0.05) is 5.56 Å². The quantitative estimate of drug-likeness (QED) is 0.735. The maximum Gasteiger partial charge on any atom is 0.335 e. The number of para-hydroxylation sites is 1. The largest absolute Gasteiger partial charge is 0.496 e. The lowest BCUT2D eigenvalue weighted by molar-refractivity contribution is -0.138. The third kappa shape index (κ3) is 1.44. The third-order valence-corrected chi connectivity index (χ3v) is 2.18. The van der Waals surface area contributed by atoms with Crippen LogP contribution in [0.2, 0.25) is 0 Å². The average Bonchev–Trinajstić information content (AvgIpc) is 2.97. The molecule has 1 N–H and O–H groups in total. The summed E-state index contributed by atoms with van der Waals surface area (Å²) < 4.78 is 10.1. The minimum absolute atomic E-state index is 0.358. The van der Waals surface area contributed by atoms with Gasteiger partial charge in [0.15, 0.2) is 6.10 Å². The topological polar surface area (TPSA) is 59.1 Å². The van der Waals surface area contributed by atoms with Crippen molar-refractivity contribution in [2.45, 2.75) is 12.2 Å². The number of epoxide rings is 1. The Kier molecular flexibility index (Phi) is 2.13. The van der Waals surface area contributed by atoms with Crippen LogP contribution < -0.4 is 4.74 Å². The van der Waals surface area contributed by atoms with E-state index in [2.05, 4.69) is 0 Å². The van der Waals surface area contributed by atoms with Crippen molar-refractivity contribution < 1.29 is 19.4 Å². The molecule has 1 aromatic rings. The van der Waals surface area contributed by atoms with Crippen LogP contribution in [-0.2, 0) is 9.53 Å². The van der Waals surface area contributed by atoms with Crippen LogP contribution in [0.15, 0.2) is 24.3 Å².